The molecule has 1 aliphatic carbocycles. The molecule has 12 heteroatoms. The Labute approximate surface area is 417 Å². The monoisotopic (exact) mass is 963 g/mol. The quantitative estimate of drug-likeness (QED) is 0.106. The van der Waals surface area contributed by atoms with Gasteiger partial charge in [0.15, 0.2) is 0 Å². The summed E-state index contributed by atoms with van der Waals surface area (Å²) in [5, 5.41) is 51.3. The lowest BCUT2D eigenvalue weighted by atomic mass is 9.79. The molecule has 0 atom stereocenters. The molecule has 0 aromatic heterocycles. The van der Waals surface area contributed by atoms with Crippen molar-refractivity contribution in [1.29, 1.82) is 0 Å². The smallest absolute Gasteiger partial charge is 0.234 e. The van der Waals surface area contributed by atoms with E-state index >= 15 is 0 Å². The fraction of sp³-hybridized carbons (Fsp3) is 0.552. The zero-order valence-corrected chi connectivity index (χ0v) is 44.2. The normalized spacial score (nSPS) is 16.8. The highest BCUT2D eigenvalue weighted by molar-refractivity contribution is 5.79. The Morgan fingerprint density at radius 3 is 0.957 bits per heavy atom. The van der Waals surface area contributed by atoms with Gasteiger partial charge in [-0.2, -0.15) is 0 Å². The molecule has 2 amide bonds. The third kappa shape index (κ3) is 13.8. The number of aromatic hydroxyl groups is 2. The molecule has 1 aliphatic heterocycles. The minimum absolute atomic E-state index is 0.0121. The highest BCUT2D eigenvalue weighted by atomic mass is 16.5. The fourth-order valence-corrected chi connectivity index (χ4v) is 9.31. The first-order valence-corrected chi connectivity index (χ1v) is 25.2. The predicted molar refractivity (Wildman–Crippen MR) is 279 cm³/mol. The SMILES string of the molecule is CC(C)(C)c1cc2c(O)c(c1)Cc1cc(C(C)(C)C)cc3c1OCCN(CCO)CC(=O)NCCNC(=O)CN(CCO)CCOc1c(cc(C(C)(C)C)cc1Cc1cc(C(C)(C)C)cc(c1O)C3)C2. The molecule has 70 heavy (non-hydrogen) atoms. The number of hydrogen-bond acceptors (Lipinski definition) is 10. The number of benzene rings is 4. The minimum atomic E-state index is -0.273. The third-order valence-corrected chi connectivity index (χ3v) is 13.7. The van der Waals surface area contributed by atoms with E-state index in [0.29, 0.717) is 50.3 Å². The number of phenolic OH excluding ortho intramolecular Hbond substituents is 2. The molecular formula is C58H82N4O8. The van der Waals surface area contributed by atoms with Gasteiger partial charge in [0.25, 0.3) is 0 Å². The van der Waals surface area contributed by atoms with E-state index in [4.69, 9.17) is 9.47 Å². The average Bonchev–Trinajstić information content (AvgIpc) is 3.24. The molecule has 382 valence electrons. The molecule has 0 radical (unpaired) electrons. The number of fused-ring (bicyclic) bond motifs is 2. The molecular weight excluding hydrogens is 881 g/mol. The summed E-state index contributed by atoms with van der Waals surface area (Å²) in [7, 11) is 0. The van der Waals surface area contributed by atoms with Crippen LogP contribution in [-0.4, -0.2) is 121 Å². The molecule has 6 N–H and O–H groups in total. The number of hydrogen-bond donors (Lipinski definition) is 6. The summed E-state index contributed by atoms with van der Waals surface area (Å²) in [5.74, 6) is 1.21. The number of ether oxygens (including phenoxy) is 2. The van der Waals surface area contributed by atoms with Crippen LogP contribution in [0.1, 0.15) is 150 Å². The summed E-state index contributed by atoms with van der Waals surface area (Å²) in [4.78, 5) is 30.2. The van der Waals surface area contributed by atoms with Crippen LogP contribution in [-0.2, 0) is 56.9 Å². The number of nitrogens with one attached hydrogen (secondary N) is 2. The van der Waals surface area contributed by atoms with Gasteiger partial charge in [-0.3, -0.25) is 19.4 Å². The molecule has 0 fully saturated rings. The van der Waals surface area contributed by atoms with Crippen LogP contribution in [0.2, 0.25) is 0 Å². The zero-order chi connectivity index (χ0) is 51.3. The van der Waals surface area contributed by atoms with Crippen molar-refractivity contribution in [3.8, 4) is 23.0 Å². The molecule has 0 saturated heterocycles. The van der Waals surface area contributed by atoms with Crippen molar-refractivity contribution in [3.63, 3.8) is 0 Å². The maximum Gasteiger partial charge on any atom is 0.234 e. The van der Waals surface area contributed by atoms with Crippen molar-refractivity contribution < 1.29 is 39.5 Å². The zero-order valence-electron chi connectivity index (χ0n) is 44.2. The minimum Gasteiger partial charge on any atom is -0.507 e. The number of aliphatic hydroxyl groups is 2. The van der Waals surface area contributed by atoms with Crippen molar-refractivity contribution in [2.45, 2.75) is 130 Å². The summed E-state index contributed by atoms with van der Waals surface area (Å²) in [6, 6.07) is 17.2. The van der Waals surface area contributed by atoms with Gasteiger partial charge < -0.3 is 40.5 Å². The molecule has 0 saturated carbocycles. The second-order valence-electron chi connectivity index (χ2n) is 23.6. The van der Waals surface area contributed by atoms with E-state index in [2.05, 4.69) is 142 Å². The lowest BCUT2D eigenvalue weighted by molar-refractivity contribution is -0.124. The van der Waals surface area contributed by atoms with Gasteiger partial charge in [-0.15, -0.1) is 0 Å². The van der Waals surface area contributed by atoms with Crippen molar-refractivity contribution in [3.05, 3.63) is 115 Å². The summed E-state index contributed by atoms with van der Waals surface area (Å²) in [6.45, 7) is 27.9. The van der Waals surface area contributed by atoms with E-state index in [-0.39, 0.29) is 111 Å². The van der Waals surface area contributed by atoms with Crippen LogP contribution < -0.4 is 20.1 Å². The number of amides is 2. The number of carbonyl (C=O) groups is 2. The first-order chi connectivity index (χ1) is 32.7. The van der Waals surface area contributed by atoms with Crippen molar-refractivity contribution in [2.24, 2.45) is 0 Å². The second kappa shape index (κ2) is 22.1. The van der Waals surface area contributed by atoms with Crippen LogP contribution in [0, 0.1) is 0 Å². The van der Waals surface area contributed by atoms with Gasteiger partial charge in [0.2, 0.25) is 11.8 Å². The summed E-state index contributed by atoms with van der Waals surface area (Å²) >= 11 is 0. The Bertz CT molecular complexity index is 2240. The van der Waals surface area contributed by atoms with Gasteiger partial charge >= 0.3 is 0 Å². The summed E-state index contributed by atoms with van der Waals surface area (Å²) < 4.78 is 13.9. The average molecular weight is 963 g/mol. The van der Waals surface area contributed by atoms with E-state index in [9.17, 15) is 30.0 Å². The van der Waals surface area contributed by atoms with E-state index in [1.807, 2.05) is 9.80 Å². The molecule has 12 nitrogen and oxygen atoms in total. The molecule has 0 unspecified atom stereocenters. The van der Waals surface area contributed by atoms with Gasteiger partial charge in [0.1, 0.15) is 36.2 Å². The van der Waals surface area contributed by atoms with Crippen LogP contribution in [0.5, 0.6) is 23.0 Å². The highest BCUT2D eigenvalue weighted by Crippen LogP contribution is 2.44. The lowest BCUT2D eigenvalue weighted by Crippen LogP contribution is -2.44. The Balaban J connectivity index is 1.69. The number of aliphatic hydroxyl groups excluding tert-OH is 2. The molecule has 0 spiro atoms. The second-order valence-corrected chi connectivity index (χ2v) is 23.6. The predicted octanol–water partition coefficient (Wildman–Crippen LogP) is 7.56. The number of carbonyl (C=O) groups excluding carboxylic acids is 2. The maximum absolute atomic E-state index is 13.3. The van der Waals surface area contributed by atoms with E-state index in [0.717, 1.165) is 66.8 Å². The van der Waals surface area contributed by atoms with Crippen molar-refractivity contribution >= 4 is 11.8 Å². The van der Waals surface area contributed by atoms with Crippen LogP contribution in [0.25, 0.3) is 0 Å². The Hall–Kier alpha value is -5.14. The standard InChI is InChI=1S/C58H82N4O8/c1-55(2,3)45-27-37-23-41-31-47(57(7,8)9)33-43-25-39-29-46(56(4,5)6)30-40(52(39)68)26-44-34-48(58(10,11)12)32-42(24-38(28-45)51(37)67)54(44)70-22-18-62(16-20-64)36-50(66)60-14-13-59-49(65)35-61(15-19-63)17-21-69-53(41)43/h27-34,63-64,67-68H,13-26,35-36H2,1-12H3,(H,59,65)(H,60,66). The van der Waals surface area contributed by atoms with E-state index in [1.165, 1.54) is 0 Å². The molecule has 4 aromatic rings. The van der Waals surface area contributed by atoms with Crippen molar-refractivity contribution in [2.75, 3.05) is 78.8 Å². The highest BCUT2D eigenvalue weighted by Gasteiger charge is 2.29. The molecule has 4 aromatic carbocycles. The van der Waals surface area contributed by atoms with Crippen LogP contribution in [0.15, 0.2) is 48.5 Å². The maximum atomic E-state index is 13.3. The van der Waals surface area contributed by atoms with Crippen molar-refractivity contribution in [1.82, 2.24) is 20.4 Å². The largest absolute Gasteiger partial charge is 0.507 e. The van der Waals surface area contributed by atoms with E-state index < -0.39 is 0 Å². The Morgan fingerprint density at radius 2 is 0.714 bits per heavy atom. The van der Waals surface area contributed by atoms with Gasteiger partial charge in [-0.05, 0) is 88.4 Å². The first kappa shape index (κ1) is 54.2. The first-order valence-electron chi connectivity index (χ1n) is 25.2. The Kier molecular flexibility index (Phi) is 17.1. The number of nitrogens with zero attached hydrogens (tertiary/aromatic N) is 2. The van der Waals surface area contributed by atoms with Gasteiger partial charge in [0, 0.05) is 65.0 Å². The van der Waals surface area contributed by atoms with Crippen LogP contribution >= 0.6 is 0 Å². The van der Waals surface area contributed by atoms with Gasteiger partial charge in [0.05, 0.1) is 26.3 Å². The molecule has 1 heterocycles. The lowest BCUT2D eigenvalue weighted by Gasteiger charge is -2.28. The number of rotatable bonds is 4. The molecule has 6 rings (SSSR count). The van der Waals surface area contributed by atoms with Crippen LogP contribution in [0.3, 0.4) is 0 Å². The molecule has 10 bridgehead atoms. The fourth-order valence-electron chi connectivity index (χ4n) is 9.31. The topological polar surface area (TPSA) is 164 Å². The van der Waals surface area contributed by atoms with Crippen LogP contribution in [0.4, 0.5) is 0 Å². The Morgan fingerprint density at radius 1 is 0.457 bits per heavy atom. The van der Waals surface area contributed by atoms with Gasteiger partial charge in [-0.1, -0.05) is 132 Å². The summed E-state index contributed by atoms with van der Waals surface area (Å²) in [6.07, 6.45) is 1.39. The molecule has 2 aliphatic rings. The third-order valence-electron chi connectivity index (χ3n) is 13.7. The van der Waals surface area contributed by atoms with Gasteiger partial charge in [-0.25, -0.2) is 0 Å². The number of phenols is 2. The van der Waals surface area contributed by atoms with E-state index in [1.54, 1.807) is 0 Å². The summed E-state index contributed by atoms with van der Waals surface area (Å²) in [5.41, 5.74) is 9.83. The number of β-amino-alcohol motifs (C(OH)–C–C–N with tert-alkyl or cyclic N) is 2.